The van der Waals surface area contributed by atoms with E-state index in [0.29, 0.717) is 29.8 Å². The number of anilines is 1. The van der Waals surface area contributed by atoms with Crippen LogP contribution < -0.4 is 9.64 Å². The molecule has 4 atom stereocenters. The Morgan fingerprint density at radius 1 is 1.30 bits per heavy atom. The highest BCUT2D eigenvalue weighted by Gasteiger charge is 2.47. The number of methoxy groups -OCH3 is 1. The van der Waals surface area contributed by atoms with E-state index in [1.165, 1.54) is 25.7 Å². The molecule has 4 heterocycles. The number of aliphatic hydroxyl groups is 1. The molecule has 3 aliphatic heterocycles. The van der Waals surface area contributed by atoms with Crippen LogP contribution >= 0.6 is 0 Å². The van der Waals surface area contributed by atoms with E-state index in [1.807, 2.05) is 0 Å². The van der Waals surface area contributed by atoms with Crippen molar-refractivity contribution in [2.75, 3.05) is 38.3 Å². The van der Waals surface area contributed by atoms with E-state index < -0.39 is 0 Å². The predicted molar refractivity (Wildman–Crippen MR) is 87.6 cm³/mol. The van der Waals surface area contributed by atoms with Gasteiger partial charge in [-0.3, -0.25) is 4.90 Å². The second-order valence-corrected chi connectivity index (χ2v) is 7.11. The Hall–Kier alpha value is -1.40. The molecular formula is C17H26N4O2. The van der Waals surface area contributed by atoms with Gasteiger partial charge in [0, 0.05) is 37.4 Å². The van der Waals surface area contributed by atoms with Crippen LogP contribution in [-0.4, -0.2) is 65.4 Å². The van der Waals surface area contributed by atoms with Gasteiger partial charge in [0.2, 0.25) is 11.8 Å². The van der Waals surface area contributed by atoms with Crippen LogP contribution in [0.2, 0.25) is 0 Å². The second-order valence-electron chi connectivity index (χ2n) is 7.11. The number of hydrogen-bond donors (Lipinski definition) is 1. The van der Waals surface area contributed by atoms with E-state index in [9.17, 15) is 5.11 Å². The summed E-state index contributed by atoms with van der Waals surface area (Å²) in [4.78, 5) is 13.9. The molecule has 0 amide bonds. The molecule has 3 aliphatic rings. The zero-order valence-electron chi connectivity index (χ0n) is 13.8. The minimum absolute atomic E-state index is 0.265. The van der Waals surface area contributed by atoms with Crippen LogP contribution in [0, 0.1) is 11.8 Å². The molecule has 1 aromatic rings. The Morgan fingerprint density at radius 2 is 2.17 bits per heavy atom. The largest absolute Gasteiger partial charge is 0.481 e. The van der Waals surface area contributed by atoms with Crippen molar-refractivity contribution in [1.82, 2.24) is 14.9 Å². The Bertz CT molecular complexity index is 541. The third kappa shape index (κ3) is 2.68. The van der Waals surface area contributed by atoms with Crippen molar-refractivity contribution in [2.45, 2.75) is 37.8 Å². The minimum Gasteiger partial charge on any atom is -0.481 e. The molecule has 0 aromatic carbocycles. The molecule has 0 saturated carbocycles. The van der Waals surface area contributed by atoms with Gasteiger partial charge in [0.05, 0.1) is 13.7 Å². The molecule has 126 valence electrons. The van der Waals surface area contributed by atoms with Gasteiger partial charge in [0.1, 0.15) is 0 Å². The van der Waals surface area contributed by atoms with E-state index in [2.05, 4.69) is 19.8 Å². The first-order chi connectivity index (χ1) is 11.3. The summed E-state index contributed by atoms with van der Waals surface area (Å²) in [5, 5.41) is 9.97. The number of nitrogens with zero attached hydrogens (tertiary/aromatic N) is 4. The minimum atomic E-state index is 0.265. The van der Waals surface area contributed by atoms with Crippen molar-refractivity contribution < 1.29 is 9.84 Å². The number of fused-ring (bicyclic) bond motifs is 4. The number of hydrogen-bond acceptors (Lipinski definition) is 6. The van der Waals surface area contributed by atoms with Gasteiger partial charge in [-0.15, -0.1) is 0 Å². The highest BCUT2D eigenvalue weighted by atomic mass is 16.5. The Labute approximate surface area is 137 Å². The second kappa shape index (κ2) is 6.24. The highest BCUT2D eigenvalue weighted by Crippen LogP contribution is 2.41. The molecule has 3 fully saturated rings. The van der Waals surface area contributed by atoms with Crippen LogP contribution in [0.25, 0.3) is 0 Å². The summed E-state index contributed by atoms with van der Waals surface area (Å²) in [7, 11) is 1.64. The van der Waals surface area contributed by atoms with E-state index in [0.717, 1.165) is 25.6 Å². The fourth-order valence-electron chi connectivity index (χ4n) is 4.92. The van der Waals surface area contributed by atoms with Gasteiger partial charge in [0.25, 0.3) is 0 Å². The standard InChI is InChI=1S/C17H26N4O2/c1-23-16-5-6-18-17(19-16)20-9-12-8-13(10-20)15(11-22)21-7-3-2-4-14(12)21/h5-6,12-15,22H,2-4,7-11H2,1H3/t12-,13+,14+,15+/m1/s1. The maximum absolute atomic E-state index is 9.97. The van der Waals surface area contributed by atoms with Gasteiger partial charge >= 0.3 is 0 Å². The van der Waals surface area contributed by atoms with E-state index in [4.69, 9.17) is 4.74 Å². The van der Waals surface area contributed by atoms with Gasteiger partial charge in [-0.05, 0) is 37.6 Å². The monoisotopic (exact) mass is 318 g/mol. The molecule has 3 saturated heterocycles. The molecule has 6 heteroatoms. The van der Waals surface area contributed by atoms with Gasteiger partial charge < -0.3 is 14.7 Å². The van der Waals surface area contributed by atoms with Crippen LogP contribution in [-0.2, 0) is 0 Å². The summed E-state index contributed by atoms with van der Waals surface area (Å²) in [5.74, 6) is 2.54. The lowest BCUT2D eigenvalue weighted by molar-refractivity contribution is -0.0520. The third-order valence-corrected chi connectivity index (χ3v) is 5.92. The first-order valence-corrected chi connectivity index (χ1v) is 8.78. The van der Waals surface area contributed by atoms with E-state index in [-0.39, 0.29) is 6.61 Å². The van der Waals surface area contributed by atoms with Gasteiger partial charge in [-0.1, -0.05) is 6.42 Å². The molecule has 4 rings (SSSR count). The fourth-order valence-corrected chi connectivity index (χ4v) is 4.92. The van der Waals surface area contributed by atoms with Crippen LogP contribution in [0.3, 0.4) is 0 Å². The number of aromatic nitrogens is 2. The molecule has 1 aromatic heterocycles. The normalized spacial score (nSPS) is 34.1. The van der Waals surface area contributed by atoms with Gasteiger partial charge in [-0.25, -0.2) is 4.98 Å². The summed E-state index contributed by atoms with van der Waals surface area (Å²) in [6.45, 7) is 3.36. The van der Waals surface area contributed by atoms with E-state index >= 15 is 0 Å². The maximum atomic E-state index is 9.97. The van der Waals surface area contributed by atoms with E-state index in [1.54, 1.807) is 19.4 Å². The summed E-state index contributed by atoms with van der Waals surface area (Å²) in [5.41, 5.74) is 0. The number of ether oxygens (including phenoxy) is 1. The fraction of sp³-hybridized carbons (Fsp3) is 0.765. The molecule has 6 nitrogen and oxygen atoms in total. The topological polar surface area (TPSA) is 61.7 Å². The summed E-state index contributed by atoms with van der Waals surface area (Å²) in [6, 6.07) is 2.70. The molecular weight excluding hydrogens is 292 g/mol. The van der Waals surface area contributed by atoms with Crippen molar-refractivity contribution in [2.24, 2.45) is 11.8 Å². The summed E-state index contributed by atoms with van der Waals surface area (Å²) in [6.07, 6.45) is 6.85. The maximum Gasteiger partial charge on any atom is 0.228 e. The Balaban J connectivity index is 1.59. The zero-order valence-corrected chi connectivity index (χ0v) is 13.8. The van der Waals surface area contributed by atoms with Crippen molar-refractivity contribution in [1.29, 1.82) is 0 Å². The first kappa shape index (κ1) is 15.1. The smallest absolute Gasteiger partial charge is 0.228 e. The molecule has 23 heavy (non-hydrogen) atoms. The SMILES string of the molecule is COc1ccnc(N2C[C@H]3C[C@@H](C2)[C@H](CO)N2CCCC[C@@H]32)n1. The molecule has 0 unspecified atom stereocenters. The third-order valence-electron chi connectivity index (χ3n) is 5.92. The zero-order chi connectivity index (χ0) is 15.8. The van der Waals surface area contributed by atoms with Crippen molar-refractivity contribution >= 4 is 5.95 Å². The van der Waals surface area contributed by atoms with Crippen molar-refractivity contribution in [3.8, 4) is 5.88 Å². The average molecular weight is 318 g/mol. The molecule has 0 aliphatic carbocycles. The Kier molecular flexibility index (Phi) is 4.11. The predicted octanol–water partition coefficient (Wildman–Crippen LogP) is 1.16. The lowest BCUT2D eigenvalue weighted by Gasteiger charge is -2.56. The number of aliphatic hydroxyl groups excluding tert-OH is 1. The lowest BCUT2D eigenvalue weighted by Crippen LogP contribution is -2.64. The van der Waals surface area contributed by atoms with Crippen LogP contribution in [0.15, 0.2) is 12.3 Å². The van der Waals surface area contributed by atoms with Crippen LogP contribution in [0.1, 0.15) is 25.7 Å². The lowest BCUT2D eigenvalue weighted by atomic mass is 9.72. The molecule has 0 spiro atoms. The van der Waals surface area contributed by atoms with Crippen LogP contribution in [0.4, 0.5) is 5.95 Å². The molecule has 2 bridgehead atoms. The Morgan fingerprint density at radius 3 is 3.00 bits per heavy atom. The quantitative estimate of drug-likeness (QED) is 0.902. The molecule has 0 radical (unpaired) electrons. The van der Waals surface area contributed by atoms with Gasteiger partial charge in [0.15, 0.2) is 0 Å². The average Bonchev–Trinajstić information content (AvgIpc) is 2.62. The number of piperidine rings is 3. The molecule has 1 N–H and O–H groups in total. The highest BCUT2D eigenvalue weighted by molar-refractivity contribution is 5.34. The van der Waals surface area contributed by atoms with Crippen LogP contribution in [0.5, 0.6) is 5.88 Å². The van der Waals surface area contributed by atoms with Gasteiger partial charge in [-0.2, -0.15) is 4.98 Å². The summed E-state index contributed by atoms with van der Waals surface area (Å²) < 4.78 is 5.24. The number of rotatable bonds is 3. The van der Waals surface area contributed by atoms with Crippen molar-refractivity contribution in [3.05, 3.63) is 12.3 Å². The first-order valence-electron chi connectivity index (χ1n) is 8.78. The summed E-state index contributed by atoms with van der Waals surface area (Å²) >= 11 is 0. The van der Waals surface area contributed by atoms with Crippen molar-refractivity contribution in [3.63, 3.8) is 0 Å².